The molecule has 3 aromatic rings. The molecule has 0 spiro atoms. The van der Waals surface area contributed by atoms with Crippen LogP contribution >= 0.6 is 22.9 Å². The van der Waals surface area contributed by atoms with Gasteiger partial charge in [0.25, 0.3) is 0 Å². The number of aliphatic hydroxyl groups excluding tert-OH is 1. The minimum atomic E-state index is -0.00317. The zero-order valence-corrected chi connectivity index (χ0v) is 16.7. The van der Waals surface area contributed by atoms with E-state index in [1.54, 1.807) is 11.3 Å². The fourth-order valence-electron chi connectivity index (χ4n) is 2.54. The van der Waals surface area contributed by atoms with Crippen molar-refractivity contribution in [2.45, 2.75) is 26.2 Å². The van der Waals surface area contributed by atoms with Gasteiger partial charge in [-0.25, -0.2) is 4.98 Å². The predicted molar refractivity (Wildman–Crippen MR) is 110 cm³/mol. The molecule has 2 heterocycles. The van der Waals surface area contributed by atoms with Crippen LogP contribution in [0.3, 0.4) is 0 Å². The van der Waals surface area contributed by atoms with Crippen molar-refractivity contribution in [1.82, 2.24) is 9.97 Å². The van der Waals surface area contributed by atoms with Crippen molar-refractivity contribution in [2.75, 3.05) is 18.5 Å². The van der Waals surface area contributed by atoms with E-state index >= 15 is 0 Å². The average molecular weight is 388 g/mol. The number of nitrogens with zero attached hydrogens (tertiary/aromatic N) is 2. The van der Waals surface area contributed by atoms with Crippen molar-refractivity contribution in [2.24, 2.45) is 0 Å². The fraction of sp³-hybridized carbons (Fsp3) is 0.300. The molecule has 0 unspecified atom stereocenters. The van der Waals surface area contributed by atoms with Gasteiger partial charge in [-0.3, -0.25) is 4.98 Å². The Balaban J connectivity index is 1.89. The molecule has 0 amide bonds. The summed E-state index contributed by atoms with van der Waals surface area (Å²) < 4.78 is 0. The predicted octanol–water partition coefficient (Wildman–Crippen LogP) is 5.23. The lowest BCUT2D eigenvalue weighted by Crippen LogP contribution is -2.13. The molecule has 3 rings (SSSR count). The molecule has 1 aromatic carbocycles. The topological polar surface area (TPSA) is 58.0 Å². The Morgan fingerprint density at radius 3 is 2.69 bits per heavy atom. The molecule has 136 valence electrons. The summed E-state index contributed by atoms with van der Waals surface area (Å²) >= 11 is 8.03. The zero-order valence-electron chi connectivity index (χ0n) is 15.1. The highest BCUT2D eigenvalue weighted by Crippen LogP contribution is 2.34. The van der Waals surface area contributed by atoms with Gasteiger partial charge < -0.3 is 10.4 Å². The normalized spacial score (nSPS) is 11.6. The van der Waals surface area contributed by atoms with E-state index < -0.39 is 0 Å². The number of aromatic nitrogens is 2. The van der Waals surface area contributed by atoms with Gasteiger partial charge in [-0.05, 0) is 30.3 Å². The Bertz CT molecular complexity index is 902. The summed E-state index contributed by atoms with van der Waals surface area (Å²) in [6.45, 7) is 7.03. The van der Waals surface area contributed by atoms with E-state index in [1.807, 2.05) is 35.8 Å². The van der Waals surface area contributed by atoms with Crippen LogP contribution < -0.4 is 5.32 Å². The van der Waals surface area contributed by atoms with Gasteiger partial charge in [0, 0.05) is 46.0 Å². The Kier molecular flexibility index (Phi) is 5.61. The number of rotatable bonds is 5. The molecule has 2 aromatic heterocycles. The molecular formula is C20H22ClN3OS. The summed E-state index contributed by atoms with van der Waals surface area (Å²) in [4.78, 5) is 9.25. The molecule has 0 fully saturated rings. The van der Waals surface area contributed by atoms with E-state index in [2.05, 4.69) is 37.1 Å². The molecule has 26 heavy (non-hydrogen) atoms. The number of pyridine rings is 1. The maximum absolute atomic E-state index is 8.90. The van der Waals surface area contributed by atoms with Gasteiger partial charge in [0.05, 0.1) is 17.3 Å². The molecule has 0 saturated heterocycles. The monoisotopic (exact) mass is 387 g/mol. The van der Waals surface area contributed by atoms with Crippen LogP contribution in [0.4, 0.5) is 5.69 Å². The molecule has 0 saturated carbocycles. The van der Waals surface area contributed by atoms with Gasteiger partial charge in [-0.15, -0.1) is 11.3 Å². The van der Waals surface area contributed by atoms with Crippen LogP contribution in [-0.4, -0.2) is 28.2 Å². The number of hydrogen-bond donors (Lipinski definition) is 2. The standard InChI is InChI=1S/C20H22ClN3OS/c1-20(2,3)18-10-13(6-7-23-18)19-24-17(12-26-19)15-5-4-14(11-16(15)21)22-8-9-25/h4-7,10-12,22,25H,8-9H2,1-3H3. The van der Waals surface area contributed by atoms with E-state index in [0.29, 0.717) is 11.6 Å². The van der Waals surface area contributed by atoms with Crippen molar-refractivity contribution >= 4 is 28.6 Å². The quantitative estimate of drug-likeness (QED) is 0.629. The summed E-state index contributed by atoms with van der Waals surface area (Å²) in [5.41, 5.74) is 4.75. The first-order valence-corrected chi connectivity index (χ1v) is 9.71. The number of halogens is 1. The van der Waals surface area contributed by atoms with Gasteiger partial charge in [0.2, 0.25) is 0 Å². The molecule has 4 nitrogen and oxygen atoms in total. The molecule has 0 radical (unpaired) electrons. The van der Waals surface area contributed by atoms with Crippen molar-refractivity contribution in [3.63, 3.8) is 0 Å². The van der Waals surface area contributed by atoms with Crippen molar-refractivity contribution in [3.05, 3.63) is 52.6 Å². The molecule has 0 bridgehead atoms. The van der Waals surface area contributed by atoms with Gasteiger partial charge >= 0.3 is 0 Å². The van der Waals surface area contributed by atoms with Crippen molar-refractivity contribution in [3.8, 4) is 21.8 Å². The van der Waals surface area contributed by atoms with Crippen molar-refractivity contribution in [1.29, 1.82) is 0 Å². The first-order chi connectivity index (χ1) is 12.4. The summed E-state index contributed by atoms with van der Waals surface area (Å²) in [6.07, 6.45) is 1.84. The highest BCUT2D eigenvalue weighted by atomic mass is 35.5. The Morgan fingerprint density at radius 1 is 1.19 bits per heavy atom. The maximum Gasteiger partial charge on any atom is 0.124 e. The third kappa shape index (κ3) is 4.23. The SMILES string of the molecule is CC(C)(C)c1cc(-c2nc(-c3ccc(NCCO)cc3Cl)cs2)ccn1. The fourth-order valence-corrected chi connectivity index (χ4v) is 3.63. The molecule has 6 heteroatoms. The Labute approximate surface area is 162 Å². The van der Waals surface area contributed by atoms with Crippen LogP contribution in [0.25, 0.3) is 21.8 Å². The minimum absolute atomic E-state index is 0.00317. The lowest BCUT2D eigenvalue weighted by Gasteiger charge is -2.17. The summed E-state index contributed by atoms with van der Waals surface area (Å²) in [5.74, 6) is 0. The second-order valence-corrected chi connectivity index (χ2v) is 8.33. The van der Waals surface area contributed by atoms with Gasteiger partial charge in [0.15, 0.2) is 0 Å². The molecule has 0 aliphatic heterocycles. The third-order valence-corrected chi connectivity index (χ3v) is 5.17. The highest BCUT2D eigenvalue weighted by molar-refractivity contribution is 7.13. The average Bonchev–Trinajstić information content (AvgIpc) is 3.09. The van der Waals surface area contributed by atoms with E-state index in [-0.39, 0.29) is 12.0 Å². The number of hydrogen-bond acceptors (Lipinski definition) is 5. The molecule has 0 aliphatic rings. The van der Waals surface area contributed by atoms with Crippen LogP contribution in [0.1, 0.15) is 26.5 Å². The number of aliphatic hydroxyl groups is 1. The molecular weight excluding hydrogens is 366 g/mol. The lowest BCUT2D eigenvalue weighted by atomic mass is 9.91. The zero-order chi connectivity index (χ0) is 18.7. The second-order valence-electron chi connectivity index (χ2n) is 7.06. The van der Waals surface area contributed by atoms with Gasteiger partial charge in [-0.1, -0.05) is 32.4 Å². The molecule has 2 N–H and O–H groups in total. The second kappa shape index (κ2) is 7.74. The van der Waals surface area contributed by atoms with Crippen LogP contribution in [0.15, 0.2) is 41.9 Å². The number of nitrogens with one attached hydrogen (secondary N) is 1. The Hall–Kier alpha value is -1.95. The summed E-state index contributed by atoms with van der Waals surface area (Å²) in [6, 6.07) is 9.84. The smallest absolute Gasteiger partial charge is 0.124 e. The van der Waals surface area contributed by atoms with Crippen LogP contribution in [-0.2, 0) is 5.41 Å². The van der Waals surface area contributed by atoms with Gasteiger partial charge in [0.1, 0.15) is 5.01 Å². The highest BCUT2D eigenvalue weighted by Gasteiger charge is 2.17. The largest absolute Gasteiger partial charge is 0.395 e. The van der Waals surface area contributed by atoms with Crippen molar-refractivity contribution < 1.29 is 5.11 Å². The van der Waals surface area contributed by atoms with Crippen LogP contribution in [0.5, 0.6) is 0 Å². The number of anilines is 1. The Morgan fingerprint density at radius 2 is 2.00 bits per heavy atom. The first-order valence-electron chi connectivity index (χ1n) is 8.45. The molecule has 0 aliphatic carbocycles. The van der Waals surface area contributed by atoms with Gasteiger partial charge in [-0.2, -0.15) is 0 Å². The minimum Gasteiger partial charge on any atom is -0.395 e. The van der Waals surface area contributed by atoms with E-state index in [9.17, 15) is 0 Å². The first kappa shape index (κ1) is 18.8. The van der Waals surface area contributed by atoms with Crippen LogP contribution in [0.2, 0.25) is 5.02 Å². The number of benzene rings is 1. The van der Waals surface area contributed by atoms with Crippen LogP contribution in [0, 0.1) is 0 Å². The van der Waals surface area contributed by atoms with E-state index in [1.165, 1.54) is 0 Å². The summed E-state index contributed by atoms with van der Waals surface area (Å²) in [7, 11) is 0. The number of thiazole rings is 1. The lowest BCUT2D eigenvalue weighted by molar-refractivity contribution is 0.311. The van der Waals surface area contributed by atoms with E-state index in [0.717, 1.165) is 33.2 Å². The summed E-state index contributed by atoms with van der Waals surface area (Å²) in [5, 5.41) is 15.6. The maximum atomic E-state index is 8.90. The third-order valence-electron chi connectivity index (χ3n) is 3.97. The van der Waals surface area contributed by atoms with E-state index in [4.69, 9.17) is 21.7 Å². The molecule has 0 atom stereocenters.